The van der Waals surface area contributed by atoms with Crippen LogP contribution in [0.5, 0.6) is 0 Å². The maximum absolute atomic E-state index is 12.3. The first-order chi connectivity index (χ1) is 8.91. The van der Waals surface area contributed by atoms with Crippen molar-refractivity contribution in [2.24, 2.45) is 0 Å². The van der Waals surface area contributed by atoms with E-state index in [1.165, 1.54) is 6.07 Å². The van der Waals surface area contributed by atoms with Crippen molar-refractivity contribution in [3.63, 3.8) is 0 Å². The fourth-order valence-corrected chi connectivity index (χ4v) is 3.85. The maximum atomic E-state index is 12.3. The van der Waals surface area contributed by atoms with Gasteiger partial charge in [-0.2, -0.15) is 21.6 Å². The van der Waals surface area contributed by atoms with Crippen molar-refractivity contribution in [1.82, 2.24) is 0 Å². The highest BCUT2D eigenvalue weighted by atomic mass is 32.2. The van der Waals surface area contributed by atoms with Gasteiger partial charge in [-0.1, -0.05) is 12.1 Å². The van der Waals surface area contributed by atoms with Gasteiger partial charge in [-0.25, -0.2) is 0 Å². The zero-order chi connectivity index (χ0) is 15.6. The Balaban J connectivity index is 3.09. The van der Waals surface area contributed by atoms with E-state index in [0.29, 0.717) is 0 Å². The Morgan fingerprint density at radius 1 is 1.25 bits per heavy atom. The zero-order valence-corrected chi connectivity index (χ0v) is 12.0. The van der Waals surface area contributed by atoms with Crippen LogP contribution in [-0.2, 0) is 18.9 Å². The molecule has 114 valence electrons. The molecule has 0 radical (unpaired) electrons. The Hall–Kier alpha value is -0.580. The summed E-state index contributed by atoms with van der Waals surface area (Å²) in [4.78, 5) is 15.6. The molecule has 2 N–H and O–H groups in total. The third kappa shape index (κ3) is 5.81. The molecule has 0 fully saturated rings. The third-order valence-corrected chi connectivity index (χ3v) is 4.62. The zero-order valence-electron chi connectivity index (χ0n) is 9.44. The van der Waals surface area contributed by atoms with Gasteiger partial charge >= 0.3 is 13.1 Å². The minimum Gasteiger partial charge on any atom is -0.323 e. The second-order valence-electron chi connectivity index (χ2n) is 3.36. The van der Waals surface area contributed by atoms with E-state index in [1.54, 1.807) is 0 Å². The van der Waals surface area contributed by atoms with E-state index >= 15 is 0 Å². The Kier molecular flexibility index (Phi) is 5.28. The normalized spacial score (nSPS) is 13.4. The number of hydrogen-bond acceptors (Lipinski definition) is 5. The first-order valence-electron chi connectivity index (χ1n) is 4.69. The molecule has 1 aromatic rings. The van der Waals surface area contributed by atoms with Crippen molar-refractivity contribution >= 4 is 29.5 Å². The minimum atomic E-state index is -4.77. The summed E-state index contributed by atoms with van der Waals surface area (Å²) < 4.78 is 74.7. The second-order valence-corrected chi connectivity index (χ2v) is 7.64. The monoisotopic (exact) mass is 352 g/mol. The maximum Gasteiger partial charge on any atom is 0.446 e. The number of rotatable bonds is 5. The fraction of sp³-hybridized carbons (Fsp3) is 0.250. The minimum absolute atomic E-state index is 0.647. The topological polar surface area (TPSA) is 101 Å². The molecule has 0 aromatic heterocycles. The lowest BCUT2D eigenvalue weighted by Gasteiger charge is -2.11. The lowest BCUT2D eigenvalue weighted by atomic mass is 10.4. The smallest absolute Gasteiger partial charge is 0.323 e. The molecule has 1 aromatic carbocycles. The molecule has 20 heavy (non-hydrogen) atoms. The number of benzene rings is 1. The summed E-state index contributed by atoms with van der Waals surface area (Å²) in [6.07, 6.45) is -1.44. The number of halogens is 3. The molecule has 0 atom stereocenters. The molecular weight excluding hydrogens is 344 g/mol. The number of alkyl halides is 3. The molecule has 0 unspecified atom stereocenters. The van der Waals surface area contributed by atoms with Gasteiger partial charge in [0.1, 0.15) is 4.90 Å². The number of hydrogen-bond donors (Lipinski definition) is 2. The third-order valence-electron chi connectivity index (χ3n) is 1.72. The average Bonchev–Trinajstić information content (AvgIpc) is 2.24. The second kappa shape index (κ2) is 6.04. The van der Waals surface area contributed by atoms with Crippen LogP contribution < -0.4 is 0 Å². The van der Waals surface area contributed by atoms with Gasteiger partial charge in [-0.3, -0.25) is 8.75 Å². The summed E-state index contributed by atoms with van der Waals surface area (Å²) in [6.45, 7) is 0. The van der Waals surface area contributed by atoms with Crippen LogP contribution in [-0.4, -0.2) is 30.1 Å². The summed E-state index contributed by atoms with van der Waals surface area (Å²) >= 11 is -0.666. The van der Waals surface area contributed by atoms with E-state index in [1.807, 2.05) is 0 Å². The molecule has 0 aliphatic carbocycles. The molecule has 0 bridgehead atoms. The van der Waals surface area contributed by atoms with Crippen LogP contribution in [0, 0.1) is 0 Å². The lowest BCUT2D eigenvalue weighted by molar-refractivity contribution is -0.0329. The van der Waals surface area contributed by atoms with Crippen molar-refractivity contribution in [3.05, 3.63) is 24.3 Å². The first kappa shape index (κ1) is 17.5. The standard InChI is InChI=1S/C8H8F3O6PS2/c9-8(10,11)19-6-3-1-2-4-7(6)20(15,16)17-5-18(12,13)14/h1-4H,5H2,(H2,12,13,14). The summed E-state index contributed by atoms with van der Waals surface area (Å²) in [5, 5.41) is 0. The van der Waals surface area contributed by atoms with Crippen LogP contribution in [0.3, 0.4) is 0 Å². The highest BCUT2D eigenvalue weighted by Crippen LogP contribution is 2.41. The van der Waals surface area contributed by atoms with Gasteiger partial charge in [0.25, 0.3) is 10.1 Å². The molecule has 0 aliphatic rings. The van der Waals surface area contributed by atoms with Gasteiger partial charge in [-0.05, 0) is 23.9 Å². The summed E-state index contributed by atoms with van der Waals surface area (Å²) in [5.41, 5.74) is -4.71. The van der Waals surface area contributed by atoms with Gasteiger partial charge in [-0.15, -0.1) is 0 Å². The van der Waals surface area contributed by atoms with E-state index in [9.17, 15) is 26.2 Å². The average molecular weight is 352 g/mol. The molecule has 0 amide bonds. The van der Waals surface area contributed by atoms with E-state index < -0.39 is 51.1 Å². The highest BCUT2D eigenvalue weighted by molar-refractivity contribution is 8.00. The number of thioether (sulfide) groups is 1. The largest absolute Gasteiger partial charge is 0.446 e. The summed E-state index contributed by atoms with van der Waals surface area (Å²) in [7, 11) is -9.48. The molecule has 0 spiro atoms. The predicted octanol–water partition coefficient (Wildman–Crippen LogP) is 2.14. The van der Waals surface area contributed by atoms with Crippen molar-refractivity contribution < 1.29 is 40.1 Å². The van der Waals surface area contributed by atoms with Crippen molar-refractivity contribution in [2.45, 2.75) is 15.3 Å². The molecule has 0 heterocycles. The van der Waals surface area contributed by atoms with Crippen LogP contribution in [0.25, 0.3) is 0 Å². The van der Waals surface area contributed by atoms with Crippen molar-refractivity contribution in [2.75, 3.05) is 6.35 Å². The first-order valence-corrected chi connectivity index (χ1v) is 8.72. The van der Waals surface area contributed by atoms with Crippen LogP contribution in [0.4, 0.5) is 13.2 Å². The molecule has 12 heteroatoms. The van der Waals surface area contributed by atoms with Crippen LogP contribution >= 0.6 is 19.4 Å². The SMILES string of the molecule is O=P(O)(O)COS(=O)(=O)c1ccccc1SC(F)(F)F. The summed E-state index contributed by atoms with van der Waals surface area (Å²) in [5.74, 6) is 0. The molecule has 6 nitrogen and oxygen atoms in total. The summed E-state index contributed by atoms with van der Waals surface area (Å²) in [6, 6.07) is 4.11. The van der Waals surface area contributed by atoms with Crippen molar-refractivity contribution in [3.8, 4) is 0 Å². The quantitative estimate of drug-likeness (QED) is 0.476. The lowest BCUT2D eigenvalue weighted by Crippen LogP contribution is -2.10. The van der Waals surface area contributed by atoms with E-state index in [0.717, 1.165) is 18.2 Å². The Morgan fingerprint density at radius 3 is 2.30 bits per heavy atom. The van der Waals surface area contributed by atoms with Gasteiger partial charge < -0.3 is 9.79 Å². The van der Waals surface area contributed by atoms with E-state index in [2.05, 4.69) is 4.18 Å². The van der Waals surface area contributed by atoms with Gasteiger partial charge in [0, 0.05) is 4.90 Å². The Bertz CT molecular complexity index is 623. The van der Waals surface area contributed by atoms with Crippen LogP contribution in [0.15, 0.2) is 34.1 Å². The predicted molar refractivity (Wildman–Crippen MR) is 63.5 cm³/mol. The molecular formula is C8H8F3O6PS2. The molecule has 0 saturated carbocycles. The van der Waals surface area contributed by atoms with E-state index in [-0.39, 0.29) is 0 Å². The van der Waals surface area contributed by atoms with Crippen LogP contribution in [0.2, 0.25) is 0 Å². The molecule has 0 aliphatic heterocycles. The Labute approximate surface area is 116 Å². The van der Waals surface area contributed by atoms with E-state index in [4.69, 9.17) is 9.79 Å². The molecule has 0 saturated heterocycles. The van der Waals surface area contributed by atoms with Gasteiger partial charge in [0.15, 0.2) is 6.35 Å². The van der Waals surface area contributed by atoms with Gasteiger partial charge in [0.05, 0.1) is 0 Å². The fourth-order valence-electron chi connectivity index (χ4n) is 1.07. The Morgan fingerprint density at radius 2 is 1.80 bits per heavy atom. The molecule has 1 rings (SSSR count). The highest BCUT2D eigenvalue weighted by Gasteiger charge is 2.33. The van der Waals surface area contributed by atoms with Crippen molar-refractivity contribution in [1.29, 1.82) is 0 Å². The van der Waals surface area contributed by atoms with Gasteiger partial charge in [0.2, 0.25) is 0 Å². The van der Waals surface area contributed by atoms with Crippen LogP contribution in [0.1, 0.15) is 0 Å².